The van der Waals surface area contributed by atoms with Crippen molar-refractivity contribution >= 4 is 33.0 Å². The number of likely N-dealkylation sites (N-methyl/N-ethyl adjacent to an activating group) is 1. The van der Waals surface area contributed by atoms with Crippen molar-refractivity contribution in [1.82, 2.24) is 9.88 Å². The third-order valence-corrected chi connectivity index (χ3v) is 6.17. The number of nitrogens with zero attached hydrogens (tertiary/aromatic N) is 3. The lowest BCUT2D eigenvalue weighted by atomic mass is 10.0. The number of Topliss-reactive ketones (excluding diaryl/α,β-unsaturated/α-hetero) is 1. The summed E-state index contributed by atoms with van der Waals surface area (Å²) in [5.74, 6) is 1.30. The zero-order chi connectivity index (χ0) is 18.8. The zero-order valence-electron chi connectivity index (χ0n) is 15.9. The molecule has 0 spiro atoms. The molecule has 0 N–H and O–H groups in total. The highest BCUT2D eigenvalue weighted by molar-refractivity contribution is 7.17. The van der Waals surface area contributed by atoms with Crippen LogP contribution in [0.2, 0.25) is 0 Å². The van der Waals surface area contributed by atoms with Gasteiger partial charge in [0.15, 0.2) is 0 Å². The summed E-state index contributed by atoms with van der Waals surface area (Å²) in [6.07, 6.45) is 0.490. The maximum absolute atomic E-state index is 11.3. The Labute approximate surface area is 164 Å². The van der Waals surface area contributed by atoms with Crippen LogP contribution in [0.1, 0.15) is 19.4 Å². The Kier molecular flexibility index (Phi) is 5.23. The van der Waals surface area contributed by atoms with Gasteiger partial charge >= 0.3 is 0 Å². The molecule has 2 aromatic heterocycles. The van der Waals surface area contributed by atoms with Crippen LogP contribution in [0.5, 0.6) is 0 Å². The van der Waals surface area contributed by atoms with E-state index in [4.69, 9.17) is 4.98 Å². The van der Waals surface area contributed by atoms with E-state index in [1.807, 2.05) is 12.1 Å². The zero-order valence-corrected chi connectivity index (χ0v) is 16.8. The lowest BCUT2D eigenvalue weighted by Gasteiger charge is -2.35. The number of hydrogen-bond acceptors (Lipinski definition) is 5. The van der Waals surface area contributed by atoms with Crippen LogP contribution in [-0.4, -0.2) is 48.4 Å². The maximum Gasteiger partial charge on any atom is 0.147 e. The summed E-state index contributed by atoms with van der Waals surface area (Å²) in [6, 6.07) is 12.6. The van der Waals surface area contributed by atoms with Crippen molar-refractivity contribution in [3.8, 4) is 11.3 Å². The Hall–Kier alpha value is -2.24. The number of rotatable bonds is 5. The van der Waals surface area contributed by atoms with E-state index in [1.165, 1.54) is 10.1 Å². The Morgan fingerprint density at radius 1 is 1.11 bits per heavy atom. The van der Waals surface area contributed by atoms with Gasteiger partial charge in [0.2, 0.25) is 0 Å². The second-order valence-electron chi connectivity index (χ2n) is 7.17. The smallest absolute Gasteiger partial charge is 0.147 e. The first kappa shape index (κ1) is 18.1. The summed E-state index contributed by atoms with van der Waals surface area (Å²) >= 11 is 1.77. The summed E-state index contributed by atoms with van der Waals surface area (Å²) in [5, 5.41) is 3.41. The Morgan fingerprint density at radius 2 is 1.85 bits per heavy atom. The molecular weight excluding hydrogens is 354 g/mol. The number of ketones is 1. The highest BCUT2D eigenvalue weighted by Crippen LogP contribution is 2.34. The van der Waals surface area contributed by atoms with E-state index >= 15 is 0 Å². The third-order valence-electron chi connectivity index (χ3n) is 5.24. The summed E-state index contributed by atoms with van der Waals surface area (Å²) < 4.78 is 1.27. The molecule has 0 unspecified atom stereocenters. The molecule has 1 fully saturated rings. The number of anilines is 1. The van der Waals surface area contributed by atoms with Crippen LogP contribution in [0.15, 0.2) is 41.8 Å². The molecule has 5 heteroatoms. The summed E-state index contributed by atoms with van der Waals surface area (Å²) in [7, 11) is 0. The lowest BCUT2D eigenvalue weighted by Crippen LogP contribution is -2.46. The molecule has 0 radical (unpaired) electrons. The molecule has 0 amide bonds. The average molecular weight is 380 g/mol. The Morgan fingerprint density at radius 3 is 2.52 bits per heavy atom. The molecular formula is C22H25N3OS. The number of hydrogen-bond donors (Lipinski definition) is 0. The van der Waals surface area contributed by atoms with Gasteiger partial charge in [-0.05, 0) is 41.9 Å². The molecule has 1 aromatic carbocycles. The van der Waals surface area contributed by atoms with Gasteiger partial charge in [0.05, 0.1) is 10.4 Å². The number of fused-ring (bicyclic) bond motifs is 1. The average Bonchev–Trinajstić information content (AvgIpc) is 3.16. The van der Waals surface area contributed by atoms with Gasteiger partial charge in [-0.2, -0.15) is 0 Å². The van der Waals surface area contributed by atoms with Crippen molar-refractivity contribution in [1.29, 1.82) is 0 Å². The van der Waals surface area contributed by atoms with Gasteiger partial charge in [0.25, 0.3) is 0 Å². The van der Waals surface area contributed by atoms with Gasteiger partial charge in [-0.3, -0.25) is 4.79 Å². The molecule has 0 bridgehead atoms. The van der Waals surface area contributed by atoms with E-state index < -0.39 is 0 Å². The van der Waals surface area contributed by atoms with Crippen molar-refractivity contribution in [3.63, 3.8) is 0 Å². The second kappa shape index (κ2) is 7.79. The normalized spacial score (nSPS) is 15.4. The minimum absolute atomic E-state index is 0.189. The molecule has 0 aliphatic carbocycles. The molecule has 1 aliphatic rings. The molecule has 27 heavy (non-hydrogen) atoms. The van der Waals surface area contributed by atoms with E-state index in [1.54, 1.807) is 18.3 Å². The van der Waals surface area contributed by atoms with Crippen molar-refractivity contribution in [2.75, 3.05) is 37.6 Å². The highest BCUT2D eigenvalue weighted by atomic mass is 32.1. The Balaban J connectivity index is 1.67. The fraction of sp³-hybridized carbons (Fsp3) is 0.364. The van der Waals surface area contributed by atoms with Crippen LogP contribution in [-0.2, 0) is 11.2 Å². The summed E-state index contributed by atoms with van der Waals surface area (Å²) in [6.45, 7) is 9.20. The van der Waals surface area contributed by atoms with Gasteiger partial charge in [-0.1, -0.05) is 31.2 Å². The number of benzene rings is 1. The van der Waals surface area contributed by atoms with Crippen molar-refractivity contribution in [3.05, 3.63) is 47.3 Å². The van der Waals surface area contributed by atoms with Gasteiger partial charge in [0.1, 0.15) is 11.6 Å². The second-order valence-corrected chi connectivity index (χ2v) is 8.08. The molecule has 0 atom stereocenters. The van der Waals surface area contributed by atoms with Crippen LogP contribution in [0.3, 0.4) is 0 Å². The molecule has 0 saturated carbocycles. The number of pyridine rings is 1. The first-order valence-corrected chi connectivity index (χ1v) is 10.5. The van der Waals surface area contributed by atoms with Crippen molar-refractivity contribution < 1.29 is 4.79 Å². The number of carbonyl (C=O) groups excluding carboxylic acids is 1. The molecule has 140 valence electrons. The quantitative estimate of drug-likeness (QED) is 0.664. The number of thiophene rings is 1. The molecule has 1 aliphatic heterocycles. The van der Waals surface area contributed by atoms with Crippen LogP contribution >= 0.6 is 11.3 Å². The van der Waals surface area contributed by atoms with Gasteiger partial charge in [-0.25, -0.2) is 4.98 Å². The van der Waals surface area contributed by atoms with E-state index in [2.05, 4.69) is 46.4 Å². The van der Waals surface area contributed by atoms with Crippen LogP contribution < -0.4 is 4.90 Å². The van der Waals surface area contributed by atoms with Crippen molar-refractivity contribution in [2.45, 2.75) is 20.3 Å². The van der Waals surface area contributed by atoms with E-state index in [-0.39, 0.29) is 5.78 Å². The van der Waals surface area contributed by atoms with Crippen LogP contribution in [0, 0.1) is 0 Å². The van der Waals surface area contributed by atoms with Gasteiger partial charge in [-0.15, -0.1) is 11.3 Å². The highest BCUT2D eigenvalue weighted by Gasteiger charge is 2.20. The number of aromatic nitrogens is 1. The molecule has 1 saturated heterocycles. The van der Waals surface area contributed by atoms with Gasteiger partial charge < -0.3 is 9.80 Å². The fourth-order valence-electron chi connectivity index (χ4n) is 3.68. The van der Waals surface area contributed by atoms with E-state index in [0.717, 1.165) is 55.4 Å². The summed E-state index contributed by atoms with van der Waals surface area (Å²) in [5.41, 5.74) is 3.16. The predicted octanol–water partition coefficient (Wildman–Crippen LogP) is 4.24. The predicted molar refractivity (Wildman–Crippen MR) is 114 cm³/mol. The van der Waals surface area contributed by atoms with Gasteiger partial charge in [0, 0.05) is 38.2 Å². The lowest BCUT2D eigenvalue weighted by molar-refractivity contribution is -0.116. The minimum Gasteiger partial charge on any atom is -0.353 e. The molecule has 4 rings (SSSR count). The Bertz CT molecular complexity index is 940. The first-order chi connectivity index (χ1) is 13.1. The van der Waals surface area contributed by atoms with Crippen molar-refractivity contribution in [2.24, 2.45) is 0 Å². The molecule has 3 aromatic rings. The fourth-order valence-corrected chi connectivity index (χ4v) is 4.57. The number of piperazine rings is 1. The molecule has 3 heterocycles. The maximum atomic E-state index is 11.3. The topological polar surface area (TPSA) is 36.4 Å². The first-order valence-electron chi connectivity index (χ1n) is 9.58. The standard InChI is InChI=1S/C22H25N3OS/c1-3-24-9-11-25(12-10-24)22-21-19(8-13-27-21)15-20(23-22)18-6-4-17(5-7-18)14-16(2)26/h4-8,13,15H,3,9-12,14H2,1-2H3. The monoisotopic (exact) mass is 379 g/mol. The SMILES string of the molecule is CCN1CCN(c2nc(-c3ccc(CC(C)=O)cc3)cc3ccsc23)CC1. The number of carbonyl (C=O) groups is 1. The van der Waals surface area contributed by atoms with E-state index in [9.17, 15) is 4.79 Å². The summed E-state index contributed by atoms with van der Waals surface area (Å²) in [4.78, 5) is 21.3. The van der Waals surface area contributed by atoms with Crippen LogP contribution in [0.25, 0.3) is 21.3 Å². The van der Waals surface area contributed by atoms with E-state index in [0.29, 0.717) is 6.42 Å². The molecule has 4 nitrogen and oxygen atoms in total. The largest absolute Gasteiger partial charge is 0.353 e. The van der Waals surface area contributed by atoms with Crippen LogP contribution in [0.4, 0.5) is 5.82 Å². The minimum atomic E-state index is 0.189. The third kappa shape index (κ3) is 3.89.